The molecule has 84 valence electrons. The van der Waals surface area contributed by atoms with E-state index in [2.05, 4.69) is 33.6 Å². The van der Waals surface area contributed by atoms with Crippen LogP contribution in [0.15, 0.2) is 30.9 Å². The van der Waals surface area contributed by atoms with E-state index in [1.54, 1.807) is 18.7 Å². The average molecular weight is 216 g/mol. The molecule has 0 bridgehead atoms. The fourth-order valence-electron chi connectivity index (χ4n) is 1.64. The Morgan fingerprint density at radius 1 is 1.25 bits per heavy atom. The maximum Gasteiger partial charge on any atom is 0.137 e. The molecule has 0 aromatic carbocycles. The van der Waals surface area contributed by atoms with Gasteiger partial charge in [-0.2, -0.15) is 0 Å². The summed E-state index contributed by atoms with van der Waals surface area (Å²) in [5.41, 5.74) is 1.22. The van der Waals surface area contributed by atoms with Crippen molar-refractivity contribution in [1.82, 2.24) is 19.7 Å². The van der Waals surface area contributed by atoms with Crippen LogP contribution in [0.4, 0.5) is 0 Å². The molecule has 0 aliphatic rings. The van der Waals surface area contributed by atoms with Crippen LogP contribution in [-0.2, 0) is 13.0 Å². The van der Waals surface area contributed by atoms with E-state index in [0.29, 0.717) is 5.92 Å². The highest BCUT2D eigenvalue weighted by Crippen LogP contribution is 2.07. The van der Waals surface area contributed by atoms with Crippen molar-refractivity contribution >= 4 is 0 Å². The summed E-state index contributed by atoms with van der Waals surface area (Å²) in [5.74, 6) is 1.62. The van der Waals surface area contributed by atoms with E-state index in [0.717, 1.165) is 18.8 Å². The third kappa shape index (κ3) is 2.66. The highest BCUT2D eigenvalue weighted by Gasteiger charge is 2.06. The molecule has 0 spiro atoms. The smallest absolute Gasteiger partial charge is 0.137 e. The van der Waals surface area contributed by atoms with Crippen LogP contribution in [0.25, 0.3) is 0 Å². The Hall–Kier alpha value is -1.71. The lowest BCUT2D eigenvalue weighted by atomic mass is 10.2. The summed E-state index contributed by atoms with van der Waals surface area (Å²) in [5, 5.41) is 8.13. The molecule has 2 aromatic heterocycles. The van der Waals surface area contributed by atoms with Crippen LogP contribution < -0.4 is 0 Å². The number of rotatable bonds is 4. The first-order chi connectivity index (χ1) is 7.75. The van der Waals surface area contributed by atoms with Crippen molar-refractivity contribution in [2.75, 3.05) is 0 Å². The molecule has 0 aliphatic heterocycles. The lowest BCUT2D eigenvalue weighted by molar-refractivity contribution is 0.509. The zero-order chi connectivity index (χ0) is 11.4. The van der Waals surface area contributed by atoms with Gasteiger partial charge in [0.25, 0.3) is 0 Å². The maximum absolute atomic E-state index is 4.16. The minimum absolute atomic E-state index is 0.604. The van der Waals surface area contributed by atoms with Crippen molar-refractivity contribution in [2.24, 2.45) is 5.92 Å². The predicted octanol–water partition coefficient (Wildman–Crippen LogP) is 1.92. The van der Waals surface area contributed by atoms with Crippen LogP contribution in [-0.4, -0.2) is 19.7 Å². The number of aromatic nitrogens is 4. The third-order valence-corrected chi connectivity index (χ3v) is 2.37. The van der Waals surface area contributed by atoms with Crippen LogP contribution in [0.5, 0.6) is 0 Å². The highest BCUT2D eigenvalue weighted by molar-refractivity contribution is 5.15. The SMILES string of the molecule is CC(C)Cn1cnnc1Cc1ccncc1. The molecular formula is C12H16N4. The van der Waals surface area contributed by atoms with Crippen molar-refractivity contribution in [3.63, 3.8) is 0 Å². The summed E-state index contributed by atoms with van der Waals surface area (Å²) in [6.45, 7) is 5.35. The van der Waals surface area contributed by atoms with Crippen molar-refractivity contribution in [1.29, 1.82) is 0 Å². The minimum Gasteiger partial charge on any atom is -0.317 e. The van der Waals surface area contributed by atoms with Crippen LogP contribution in [0.3, 0.4) is 0 Å². The monoisotopic (exact) mass is 216 g/mol. The first-order valence-corrected chi connectivity index (χ1v) is 5.51. The van der Waals surface area contributed by atoms with Gasteiger partial charge in [0.05, 0.1) is 0 Å². The molecule has 0 saturated carbocycles. The van der Waals surface area contributed by atoms with E-state index in [9.17, 15) is 0 Å². The van der Waals surface area contributed by atoms with Crippen molar-refractivity contribution in [3.8, 4) is 0 Å². The standard InChI is InChI=1S/C12H16N4/c1-10(2)8-16-9-14-15-12(16)7-11-3-5-13-6-4-11/h3-6,9-10H,7-8H2,1-2H3. The van der Waals surface area contributed by atoms with Crippen molar-refractivity contribution < 1.29 is 0 Å². The molecule has 16 heavy (non-hydrogen) atoms. The fraction of sp³-hybridized carbons (Fsp3) is 0.417. The van der Waals surface area contributed by atoms with Gasteiger partial charge >= 0.3 is 0 Å². The topological polar surface area (TPSA) is 43.6 Å². The summed E-state index contributed by atoms with van der Waals surface area (Å²) in [6, 6.07) is 4.02. The van der Waals surface area contributed by atoms with Gasteiger partial charge in [0.15, 0.2) is 0 Å². The van der Waals surface area contributed by atoms with Gasteiger partial charge in [-0.25, -0.2) is 0 Å². The predicted molar refractivity (Wildman–Crippen MR) is 61.9 cm³/mol. The molecule has 0 amide bonds. The molecule has 4 nitrogen and oxygen atoms in total. The lowest BCUT2D eigenvalue weighted by Gasteiger charge is -2.08. The maximum atomic E-state index is 4.16. The Balaban J connectivity index is 2.13. The molecule has 2 heterocycles. The summed E-state index contributed by atoms with van der Waals surface area (Å²) in [4.78, 5) is 4.00. The van der Waals surface area contributed by atoms with Crippen molar-refractivity contribution in [2.45, 2.75) is 26.8 Å². The second-order valence-electron chi connectivity index (χ2n) is 4.33. The zero-order valence-electron chi connectivity index (χ0n) is 9.67. The Labute approximate surface area is 95.4 Å². The van der Waals surface area contributed by atoms with E-state index in [-0.39, 0.29) is 0 Å². The van der Waals surface area contributed by atoms with Crippen LogP contribution in [0, 0.1) is 5.92 Å². The van der Waals surface area contributed by atoms with E-state index in [1.165, 1.54) is 5.56 Å². The molecule has 0 unspecified atom stereocenters. The minimum atomic E-state index is 0.604. The fourth-order valence-corrected chi connectivity index (χ4v) is 1.64. The molecule has 0 atom stereocenters. The molecule has 2 rings (SSSR count). The lowest BCUT2D eigenvalue weighted by Crippen LogP contribution is -2.08. The molecule has 0 radical (unpaired) electrons. The number of hydrogen-bond acceptors (Lipinski definition) is 3. The quantitative estimate of drug-likeness (QED) is 0.784. The van der Waals surface area contributed by atoms with Gasteiger partial charge in [-0.05, 0) is 23.6 Å². The Kier molecular flexibility index (Phi) is 3.29. The first-order valence-electron chi connectivity index (χ1n) is 5.51. The number of nitrogens with zero attached hydrogens (tertiary/aromatic N) is 4. The number of hydrogen-bond donors (Lipinski definition) is 0. The molecule has 0 saturated heterocycles. The number of pyridine rings is 1. The highest BCUT2D eigenvalue weighted by atomic mass is 15.3. The molecule has 4 heteroatoms. The largest absolute Gasteiger partial charge is 0.317 e. The van der Waals surface area contributed by atoms with Gasteiger partial charge in [0.1, 0.15) is 12.2 Å². The van der Waals surface area contributed by atoms with Crippen molar-refractivity contribution in [3.05, 3.63) is 42.2 Å². The normalized spacial score (nSPS) is 10.9. The van der Waals surface area contributed by atoms with Crippen LogP contribution >= 0.6 is 0 Å². The van der Waals surface area contributed by atoms with Crippen LogP contribution in [0.2, 0.25) is 0 Å². The summed E-state index contributed by atoms with van der Waals surface area (Å²) in [6.07, 6.45) is 6.22. The Bertz CT molecular complexity index is 433. The molecule has 0 aliphatic carbocycles. The summed E-state index contributed by atoms with van der Waals surface area (Å²) < 4.78 is 2.12. The average Bonchev–Trinajstić information content (AvgIpc) is 2.66. The third-order valence-electron chi connectivity index (χ3n) is 2.37. The van der Waals surface area contributed by atoms with Gasteiger partial charge in [0.2, 0.25) is 0 Å². The van der Waals surface area contributed by atoms with E-state index >= 15 is 0 Å². The van der Waals surface area contributed by atoms with E-state index < -0.39 is 0 Å². The molecule has 0 N–H and O–H groups in total. The zero-order valence-corrected chi connectivity index (χ0v) is 9.67. The summed E-state index contributed by atoms with van der Waals surface area (Å²) >= 11 is 0. The van der Waals surface area contributed by atoms with Gasteiger partial charge in [-0.3, -0.25) is 4.98 Å². The second kappa shape index (κ2) is 4.88. The Morgan fingerprint density at radius 3 is 2.69 bits per heavy atom. The Morgan fingerprint density at radius 2 is 2.00 bits per heavy atom. The first kappa shape index (κ1) is 10.8. The van der Waals surface area contributed by atoms with E-state index in [4.69, 9.17) is 0 Å². The van der Waals surface area contributed by atoms with E-state index in [1.807, 2.05) is 12.1 Å². The van der Waals surface area contributed by atoms with Gasteiger partial charge in [-0.15, -0.1) is 10.2 Å². The van der Waals surface area contributed by atoms with Crippen LogP contribution in [0.1, 0.15) is 25.2 Å². The van der Waals surface area contributed by atoms with Gasteiger partial charge < -0.3 is 4.57 Å². The molecular weight excluding hydrogens is 200 g/mol. The molecule has 0 fully saturated rings. The molecule has 2 aromatic rings. The summed E-state index contributed by atoms with van der Waals surface area (Å²) in [7, 11) is 0. The van der Waals surface area contributed by atoms with Gasteiger partial charge in [-0.1, -0.05) is 13.8 Å². The van der Waals surface area contributed by atoms with Gasteiger partial charge in [0, 0.05) is 25.4 Å². The second-order valence-corrected chi connectivity index (χ2v) is 4.33.